The first kappa shape index (κ1) is 12.7. The van der Waals surface area contributed by atoms with Crippen molar-refractivity contribution in [1.29, 1.82) is 0 Å². The molecule has 0 aliphatic carbocycles. The maximum atomic E-state index is 8.93. The van der Waals surface area contributed by atoms with E-state index in [0.717, 1.165) is 0 Å². The Balaban J connectivity index is 2.25. The molecule has 2 aromatic rings. The van der Waals surface area contributed by atoms with Crippen molar-refractivity contribution >= 4 is 25.2 Å². The van der Waals surface area contributed by atoms with Gasteiger partial charge in [-0.05, 0) is 12.1 Å². The summed E-state index contributed by atoms with van der Waals surface area (Å²) in [7, 11) is -3.10. The molecule has 2 heterocycles. The van der Waals surface area contributed by atoms with E-state index in [1.54, 1.807) is 12.1 Å². The summed E-state index contributed by atoms with van der Waals surface area (Å²) >= 11 is 0. The highest BCUT2D eigenvalue weighted by molar-refractivity contribution is 6.58. The van der Waals surface area contributed by atoms with E-state index in [1.807, 2.05) is 0 Å². The lowest BCUT2D eigenvalue weighted by Gasteiger charge is -2.03. The van der Waals surface area contributed by atoms with Crippen LogP contribution in [0.3, 0.4) is 0 Å². The molecule has 0 bridgehead atoms. The molecule has 0 atom stereocenters. The summed E-state index contributed by atoms with van der Waals surface area (Å²) in [6, 6.07) is 6.27. The topological polar surface area (TPSA) is 107 Å². The largest absolute Gasteiger partial charge is 0.490 e. The Kier molecular flexibility index (Phi) is 3.73. The fourth-order valence-electron chi connectivity index (χ4n) is 1.42. The van der Waals surface area contributed by atoms with Gasteiger partial charge >= 0.3 is 14.2 Å². The maximum absolute atomic E-state index is 8.93. The average molecular weight is 244 g/mol. The molecule has 0 aliphatic rings. The number of rotatable bonds is 3. The minimum atomic E-state index is -1.55. The third kappa shape index (κ3) is 2.74. The molecular formula is C10H10B2N2O4. The molecule has 0 radical (unpaired) electrons. The molecule has 18 heavy (non-hydrogen) atoms. The van der Waals surface area contributed by atoms with Crippen molar-refractivity contribution in [2.75, 3.05) is 0 Å². The lowest BCUT2D eigenvalue weighted by atomic mass is 9.81. The second kappa shape index (κ2) is 5.28. The van der Waals surface area contributed by atoms with E-state index >= 15 is 0 Å². The van der Waals surface area contributed by atoms with Crippen molar-refractivity contribution in [3.8, 4) is 11.4 Å². The Morgan fingerprint density at radius 3 is 1.28 bits per heavy atom. The summed E-state index contributed by atoms with van der Waals surface area (Å²) in [4.78, 5) is 8.07. The quantitative estimate of drug-likeness (QED) is 0.444. The summed E-state index contributed by atoms with van der Waals surface area (Å²) < 4.78 is 0. The van der Waals surface area contributed by atoms with Crippen molar-refractivity contribution in [2.45, 2.75) is 0 Å². The highest BCUT2D eigenvalue weighted by Gasteiger charge is 2.13. The van der Waals surface area contributed by atoms with E-state index in [0.29, 0.717) is 22.3 Å². The molecule has 0 aliphatic heterocycles. The van der Waals surface area contributed by atoms with Gasteiger partial charge in [0.15, 0.2) is 0 Å². The third-order valence-corrected chi connectivity index (χ3v) is 2.43. The number of hydrogen-bond donors (Lipinski definition) is 4. The molecular weight excluding hydrogens is 234 g/mol. The molecule has 0 aromatic carbocycles. The summed E-state index contributed by atoms with van der Waals surface area (Å²) in [5, 5.41) is 35.7. The smallest absolute Gasteiger partial charge is 0.423 e. The Morgan fingerprint density at radius 2 is 1.06 bits per heavy atom. The van der Waals surface area contributed by atoms with E-state index in [2.05, 4.69) is 9.97 Å². The molecule has 0 amide bonds. The van der Waals surface area contributed by atoms with Gasteiger partial charge in [0.25, 0.3) is 0 Å². The first-order valence-electron chi connectivity index (χ1n) is 5.22. The SMILES string of the molecule is OB(O)c1ccc(-c2ccc(B(O)O)cn2)nc1. The van der Waals surface area contributed by atoms with Crippen LogP contribution in [0.25, 0.3) is 11.4 Å². The third-order valence-electron chi connectivity index (χ3n) is 2.43. The summed E-state index contributed by atoms with van der Waals surface area (Å²) in [6.07, 6.45) is 2.69. The Bertz CT molecular complexity index is 467. The van der Waals surface area contributed by atoms with Crippen molar-refractivity contribution in [1.82, 2.24) is 9.97 Å². The van der Waals surface area contributed by atoms with Gasteiger partial charge in [0.1, 0.15) is 0 Å². The van der Waals surface area contributed by atoms with E-state index in [4.69, 9.17) is 20.1 Å². The lowest BCUT2D eigenvalue weighted by Crippen LogP contribution is -2.30. The van der Waals surface area contributed by atoms with Gasteiger partial charge in [0.05, 0.1) is 11.4 Å². The first-order chi connectivity index (χ1) is 8.58. The Hall–Kier alpha value is -1.73. The van der Waals surface area contributed by atoms with Crippen LogP contribution in [0.4, 0.5) is 0 Å². The fraction of sp³-hybridized carbons (Fsp3) is 0. The molecule has 2 aromatic heterocycles. The monoisotopic (exact) mass is 244 g/mol. The fourth-order valence-corrected chi connectivity index (χ4v) is 1.42. The molecule has 6 nitrogen and oxygen atoms in total. The standard InChI is InChI=1S/C10H10B2N2O4/c15-11(16)7-1-3-9(13-5-7)10-4-2-8(6-14-10)12(17)18/h1-6,15-18H. The van der Waals surface area contributed by atoms with Crippen LogP contribution in [0.1, 0.15) is 0 Å². The minimum absolute atomic E-state index is 0.293. The molecule has 90 valence electrons. The van der Waals surface area contributed by atoms with Crippen LogP contribution < -0.4 is 10.9 Å². The van der Waals surface area contributed by atoms with Gasteiger partial charge in [-0.2, -0.15) is 0 Å². The zero-order valence-electron chi connectivity index (χ0n) is 9.30. The minimum Gasteiger partial charge on any atom is -0.423 e. The maximum Gasteiger partial charge on any atom is 0.490 e. The van der Waals surface area contributed by atoms with Gasteiger partial charge in [0, 0.05) is 23.3 Å². The molecule has 0 saturated heterocycles. The molecule has 2 rings (SSSR count). The second-order valence-electron chi connectivity index (χ2n) is 3.70. The lowest BCUT2D eigenvalue weighted by molar-refractivity contribution is 0.424. The summed E-state index contributed by atoms with van der Waals surface area (Å²) in [5.41, 5.74) is 1.69. The average Bonchev–Trinajstić information content (AvgIpc) is 2.39. The van der Waals surface area contributed by atoms with E-state index < -0.39 is 14.2 Å². The molecule has 0 unspecified atom stereocenters. The molecule has 8 heteroatoms. The van der Waals surface area contributed by atoms with Crippen LogP contribution in [0.15, 0.2) is 36.7 Å². The molecule has 0 saturated carbocycles. The first-order valence-corrected chi connectivity index (χ1v) is 5.22. The molecule has 0 fully saturated rings. The Morgan fingerprint density at radius 1 is 0.667 bits per heavy atom. The molecule has 0 spiro atoms. The number of pyridine rings is 2. The van der Waals surface area contributed by atoms with Crippen LogP contribution in [-0.4, -0.2) is 44.3 Å². The summed E-state index contributed by atoms with van der Waals surface area (Å²) in [6.45, 7) is 0. The number of nitrogens with zero attached hydrogens (tertiary/aromatic N) is 2. The summed E-state index contributed by atoms with van der Waals surface area (Å²) in [5.74, 6) is 0. The van der Waals surface area contributed by atoms with Crippen LogP contribution in [0.5, 0.6) is 0 Å². The van der Waals surface area contributed by atoms with Crippen molar-refractivity contribution < 1.29 is 20.1 Å². The van der Waals surface area contributed by atoms with Gasteiger partial charge < -0.3 is 20.1 Å². The number of hydrogen-bond acceptors (Lipinski definition) is 6. The van der Waals surface area contributed by atoms with Gasteiger partial charge in [-0.3, -0.25) is 9.97 Å². The predicted octanol–water partition coefficient (Wildman–Crippen LogP) is -2.50. The van der Waals surface area contributed by atoms with Crippen LogP contribution in [0, 0.1) is 0 Å². The van der Waals surface area contributed by atoms with Gasteiger partial charge in [-0.25, -0.2) is 0 Å². The van der Waals surface area contributed by atoms with Crippen molar-refractivity contribution in [3.05, 3.63) is 36.7 Å². The van der Waals surface area contributed by atoms with Crippen LogP contribution >= 0.6 is 0 Å². The zero-order valence-corrected chi connectivity index (χ0v) is 9.30. The van der Waals surface area contributed by atoms with Crippen molar-refractivity contribution in [3.63, 3.8) is 0 Å². The Labute approximate surface area is 104 Å². The zero-order chi connectivity index (χ0) is 13.1. The van der Waals surface area contributed by atoms with Gasteiger partial charge in [-0.15, -0.1) is 0 Å². The second-order valence-corrected chi connectivity index (χ2v) is 3.70. The molecule has 4 N–H and O–H groups in total. The highest BCUT2D eigenvalue weighted by Crippen LogP contribution is 2.10. The van der Waals surface area contributed by atoms with Crippen LogP contribution in [-0.2, 0) is 0 Å². The predicted molar refractivity (Wildman–Crippen MR) is 67.1 cm³/mol. The van der Waals surface area contributed by atoms with E-state index in [1.165, 1.54) is 24.5 Å². The number of aromatic nitrogens is 2. The van der Waals surface area contributed by atoms with Gasteiger partial charge in [-0.1, -0.05) is 12.1 Å². The van der Waals surface area contributed by atoms with E-state index in [-0.39, 0.29) is 0 Å². The normalized spacial score (nSPS) is 10.2. The highest BCUT2D eigenvalue weighted by atomic mass is 16.4. The van der Waals surface area contributed by atoms with Gasteiger partial charge in [0.2, 0.25) is 0 Å². The van der Waals surface area contributed by atoms with Crippen molar-refractivity contribution in [2.24, 2.45) is 0 Å². The van der Waals surface area contributed by atoms with E-state index in [9.17, 15) is 0 Å². The van der Waals surface area contributed by atoms with Crippen LogP contribution in [0.2, 0.25) is 0 Å².